The molecule has 7 heteroatoms. The first-order valence-corrected chi connectivity index (χ1v) is 9.66. The fourth-order valence-corrected chi connectivity index (χ4v) is 3.09. The summed E-state index contributed by atoms with van der Waals surface area (Å²) in [6.45, 7) is 6.68. The van der Waals surface area contributed by atoms with Crippen LogP contribution in [0.2, 0.25) is 10.0 Å². The number of hydrogen-bond donors (Lipinski definition) is 0. The fraction of sp³-hybridized carbons (Fsp3) is 0.238. The summed E-state index contributed by atoms with van der Waals surface area (Å²) in [7, 11) is 0. The van der Waals surface area contributed by atoms with E-state index < -0.39 is 0 Å². The van der Waals surface area contributed by atoms with Gasteiger partial charge >= 0.3 is 0 Å². The minimum Gasteiger partial charge on any atom is -0.490 e. The molecule has 0 spiro atoms. The van der Waals surface area contributed by atoms with Crippen LogP contribution in [0.1, 0.15) is 26.3 Å². The predicted octanol–water partition coefficient (Wildman–Crippen LogP) is 5.60. The summed E-state index contributed by atoms with van der Waals surface area (Å²) in [4.78, 5) is 12.9. The molecule has 3 rings (SSSR count). The van der Waals surface area contributed by atoms with E-state index in [4.69, 9.17) is 32.7 Å². The molecule has 0 radical (unpaired) electrons. The molecule has 0 unspecified atom stereocenters. The van der Waals surface area contributed by atoms with E-state index in [2.05, 4.69) is 5.10 Å². The Kier molecular flexibility index (Phi) is 6.27. The van der Waals surface area contributed by atoms with Gasteiger partial charge in [0.2, 0.25) is 0 Å². The molecule has 1 amide bonds. The van der Waals surface area contributed by atoms with E-state index in [1.165, 1.54) is 5.01 Å². The minimum atomic E-state index is -0.234. The van der Waals surface area contributed by atoms with Crippen molar-refractivity contribution in [3.8, 4) is 11.5 Å². The highest BCUT2D eigenvalue weighted by Crippen LogP contribution is 2.32. The van der Waals surface area contributed by atoms with E-state index in [0.29, 0.717) is 51.7 Å². The van der Waals surface area contributed by atoms with Gasteiger partial charge in [0.05, 0.1) is 40.2 Å². The molecule has 2 aromatic rings. The van der Waals surface area contributed by atoms with E-state index in [0.717, 1.165) is 5.56 Å². The zero-order valence-electron chi connectivity index (χ0n) is 15.8. The average molecular weight is 419 g/mol. The van der Waals surface area contributed by atoms with Crippen molar-refractivity contribution in [2.75, 3.05) is 18.2 Å². The SMILES string of the molecule is CCOc1ccc(/C=C2\C(=O)N(c3ccc(Cl)c(Cl)c3)N=C2C)cc1OCC. The molecule has 1 aliphatic heterocycles. The lowest BCUT2D eigenvalue weighted by atomic mass is 10.1. The molecule has 146 valence electrons. The maximum Gasteiger partial charge on any atom is 0.280 e. The van der Waals surface area contributed by atoms with Crippen molar-refractivity contribution < 1.29 is 14.3 Å². The van der Waals surface area contributed by atoms with E-state index in [9.17, 15) is 4.79 Å². The summed E-state index contributed by atoms with van der Waals surface area (Å²) < 4.78 is 11.2. The number of ether oxygens (including phenoxy) is 2. The van der Waals surface area contributed by atoms with Crippen molar-refractivity contribution in [3.05, 3.63) is 57.6 Å². The van der Waals surface area contributed by atoms with Gasteiger partial charge in [-0.1, -0.05) is 29.3 Å². The molecule has 0 N–H and O–H groups in total. The lowest BCUT2D eigenvalue weighted by Gasteiger charge is -2.13. The molecule has 0 saturated carbocycles. The van der Waals surface area contributed by atoms with Crippen LogP contribution < -0.4 is 14.5 Å². The molecule has 1 aliphatic rings. The summed E-state index contributed by atoms with van der Waals surface area (Å²) in [6, 6.07) is 10.5. The number of hydrogen-bond acceptors (Lipinski definition) is 4. The van der Waals surface area contributed by atoms with Crippen molar-refractivity contribution in [2.24, 2.45) is 5.10 Å². The van der Waals surface area contributed by atoms with E-state index >= 15 is 0 Å². The summed E-state index contributed by atoms with van der Waals surface area (Å²) in [5.41, 5.74) is 2.49. The minimum absolute atomic E-state index is 0.234. The molecule has 28 heavy (non-hydrogen) atoms. The Balaban J connectivity index is 1.92. The second kappa shape index (κ2) is 8.67. The van der Waals surface area contributed by atoms with Crippen LogP contribution >= 0.6 is 23.2 Å². The van der Waals surface area contributed by atoms with Crippen LogP contribution in [0.15, 0.2) is 47.1 Å². The molecule has 1 heterocycles. The normalized spacial score (nSPS) is 15.2. The highest BCUT2D eigenvalue weighted by Gasteiger charge is 2.29. The van der Waals surface area contributed by atoms with Crippen molar-refractivity contribution in [2.45, 2.75) is 20.8 Å². The molecular weight excluding hydrogens is 399 g/mol. The Bertz CT molecular complexity index is 970. The third-order valence-corrected chi connectivity index (χ3v) is 4.83. The van der Waals surface area contributed by atoms with Crippen LogP contribution in [0.5, 0.6) is 11.5 Å². The van der Waals surface area contributed by atoms with Gasteiger partial charge in [-0.3, -0.25) is 4.79 Å². The summed E-state index contributed by atoms with van der Waals surface area (Å²) in [5.74, 6) is 1.08. The van der Waals surface area contributed by atoms with Crippen LogP contribution in [0.3, 0.4) is 0 Å². The molecule has 5 nitrogen and oxygen atoms in total. The number of benzene rings is 2. The monoisotopic (exact) mass is 418 g/mol. The van der Waals surface area contributed by atoms with Crippen molar-refractivity contribution in [1.29, 1.82) is 0 Å². The Labute approximate surface area is 174 Å². The first-order valence-electron chi connectivity index (χ1n) is 8.91. The predicted molar refractivity (Wildman–Crippen MR) is 114 cm³/mol. The number of rotatable bonds is 6. The van der Waals surface area contributed by atoms with Gasteiger partial charge in [0.25, 0.3) is 5.91 Å². The third-order valence-electron chi connectivity index (χ3n) is 4.09. The van der Waals surface area contributed by atoms with Gasteiger partial charge in [-0.05, 0) is 62.7 Å². The lowest BCUT2D eigenvalue weighted by molar-refractivity contribution is -0.114. The Hall–Kier alpha value is -2.50. The van der Waals surface area contributed by atoms with E-state index in [1.807, 2.05) is 32.0 Å². The highest BCUT2D eigenvalue weighted by molar-refractivity contribution is 6.42. The van der Waals surface area contributed by atoms with Gasteiger partial charge in [0, 0.05) is 0 Å². The molecular formula is C21H20Cl2N2O3. The van der Waals surface area contributed by atoms with Crippen molar-refractivity contribution in [3.63, 3.8) is 0 Å². The maximum absolute atomic E-state index is 12.9. The number of amides is 1. The lowest BCUT2D eigenvalue weighted by Crippen LogP contribution is -2.21. The van der Waals surface area contributed by atoms with E-state index in [1.54, 1.807) is 31.2 Å². The molecule has 2 aromatic carbocycles. The van der Waals surface area contributed by atoms with Crippen LogP contribution in [-0.4, -0.2) is 24.8 Å². The second-order valence-corrected chi connectivity index (χ2v) is 6.85. The molecule has 0 atom stereocenters. The van der Waals surface area contributed by atoms with Gasteiger partial charge in [-0.25, -0.2) is 0 Å². The number of nitrogens with zero attached hydrogens (tertiary/aromatic N) is 2. The fourth-order valence-electron chi connectivity index (χ4n) is 2.80. The largest absolute Gasteiger partial charge is 0.490 e. The van der Waals surface area contributed by atoms with Crippen LogP contribution in [-0.2, 0) is 4.79 Å². The maximum atomic E-state index is 12.9. The number of carbonyl (C=O) groups is 1. The first kappa shape index (κ1) is 20.2. The average Bonchev–Trinajstić information content (AvgIpc) is 2.94. The van der Waals surface area contributed by atoms with Gasteiger partial charge in [0.15, 0.2) is 11.5 Å². The summed E-state index contributed by atoms with van der Waals surface area (Å²) in [5, 5.41) is 6.48. The van der Waals surface area contributed by atoms with Gasteiger partial charge in [0.1, 0.15) is 0 Å². The Morgan fingerprint density at radius 1 is 1.00 bits per heavy atom. The summed E-state index contributed by atoms with van der Waals surface area (Å²) >= 11 is 12.0. The third kappa shape index (κ3) is 4.16. The second-order valence-electron chi connectivity index (χ2n) is 6.03. The molecule has 0 aliphatic carbocycles. The van der Waals surface area contributed by atoms with Gasteiger partial charge in [-0.2, -0.15) is 10.1 Å². The number of hydrazone groups is 1. The summed E-state index contributed by atoms with van der Waals surface area (Å²) in [6.07, 6.45) is 1.79. The molecule has 0 aromatic heterocycles. The molecule has 0 bridgehead atoms. The number of anilines is 1. The Morgan fingerprint density at radius 3 is 2.39 bits per heavy atom. The number of halogens is 2. The standard InChI is InChI=1S/C21H20Cl2N2O3/c1-4-27-19-9-6-14(11-20(19)28-5-2)10-16-13(3)24-25(21(16)26)15-7-8-17(22)18(23)12-15/h6-12H,4-5H2,1-3H3/b16-10-. The van der Waals surface area contributed by atoms with Crippen LogP contribution in [0.25, 0.3) is 6.08 Å². The first-order chi connectivity index (χ1) is 13.4. The smallest absolute Gasteiger partial charge is 0.280 e. The molecule has 0 fully saturated rings. The Morgan fingerprint density at radius 2 is 1.71 bits per heavy atom. The number of carbonyl (C=O) groups excluding carboxylic acids is 1. The molecule has 0 saturated heterocycles. The topological polar surface area (TPSA) is 51.1 Å². The zero-order chi connectivity index (χ0) is 20.3. The quantitative estimate of drug-likeness (QED) is 0.573. The highest BCUT2D eigenvalue weighted by atomic mass is 35.5. The van der Waals surface area contributed by atoms with Crippen LogP contribution in [0.4, 0.5) is 5.69 Å². The van der Waals surface area contributed by atoms with Gasteiger partial charge < -0.3 is 9.47 Å². The van der Waals surface area contributed by atoms with Crippen molar-refractivity contribution >= 4 is 46.6 Å². The van der Waals surface area contributed by atoms with Gasteiger partial charge in [-0.15, -0.1) is 0 Å². The zero-order valence-corrected chi connectivity index (χ0v) is 17.3. The van der Waals surface area contributed by atoms with E-state index in [-0.39, 0.29) is 5.91 Å². The van der Waals surface area contributed by atoms with Crippen molar-refractivity contribution in [1.82, 2.24) is 0 Å². The van der Waals surface area contributed by atoms with Crippen LogP contribution in [0, 0.1) is 0 Å².